The van der Waals surface area contributed by atoms with Crippen LogP contribution in [0, 0.1) is 0 Å². The van der Waals surface area contributed by atoms with Crippen molar-refractivity contribution in [1.82, 2.24) is 0 Å². The Balaban J connectivity index is 4.36. The predicted octanol–water partition coefficient (Wildman–Crippen LogP) is 23.4. The van der Waals surface area contributed by atoms with Crippen molar-refractivity contribution < 1.29 is 28.6 Å². The predicted molar refractivity (Wildman–Crippen MR) is 344 cm³/mol. The summed E-state index contributed by atoms with van der Waals surface area (Å²) in [7, 11) is 0. The molecule has 0 rings (SSSR count). The van der Waals surface area contributed by atoms with Crippen molar-refractivity contribution in [3.8, 4) is 0 Å². The number of rotatable bonds is 62. The second-order valence-corrected chi connectivity index (χ2v) is 22.7. The molecule has 0 fully saturated rings. The van der Waals surface area contributed by atoms with E-state index in [1.165, 1.54) is 212 Å². The second-order valence-electron chi connectivity index (χ2n) is 22.7. The van der Waals surface area contributed by atoms with Gasteiger partial charge in [-0.15, -0.1) is 0 Å². The molecule has 456 valence electrons. The topological polar surface area (TPSA) is 78.9 Å². The van der Waals surface area contributed by atoms with Gasteiger partial charge in [-0.3, -0.25) is 14.4 Å². The third-order valence-electron chi connectivity index (χ3n) is 14.9. The largest absolute Gasteiger partial charge is 0.462 e. The lowest BCUT2D eigenvalue weighted by molar-refractivity contribution is -0.167. The van der Waals surface area contributed by atoms with Gasteiger partial charge < -0.3 is 14.2 Å². The molecule has 0 aromatic rings. The van der Waals surface area contributed by atoms with E-state index in [0.717, 1.165) is 89.9 Å². The average Bonchev–Trinajstić information content (AvgIpc) is 3.45. The fourth-order valence-electron chi connectivity index (χ4n) is 9.76. The first-order valence-electron chi connectivity index (χ1n) is 34.1. The van der Waals surface area contributed by atoms with Crippen molar-refractivity contribution in [3.05, 3.63) is 85.1 Å². The Bertz CT molecular complexity index is 1500. The second kappa shape index (κ2) is 67.1. The smallest absolute Gasteiger partial charge is 0.306 e. The number of esters is 3. The lowest BCUT2D eigenvalue weighted by atomic mass is 10.0. The molecule has 0 radical (unpaired) electrons. The molecule has 0 aliphatic rings. The van der Waals surface area contributed by atoms with E-state index in [9.17, 15) is 14.4 Å². The summed E-state index contributed by atoms with van der Waals surface area (Å²) in [6, 6.07) is 0. The van der Waals surface area contributed by atoms with Gasteiger partial charge >= 0.3 is 17.9 Å². The van der Waals surface area contributed by atoms with Gasteiger partial charge in [0.1, 0.15) is 13.2 Å². The highest BCUT2D eigenvalue weighted by atomic mass is 16.6. The molecule has 0 aromatic carbocycles. The molecule has 0 aliphatic heterocycles. The Kier molecular flexibility index (Phi) is 64.2. The molecule has 0 N–H and O–H groups in total. The Morgan fingerprint density at radius 2 is 0.494 bits per heavy atom. The molecule has 6 nitrogen and oxygen atoms in total. The first kappa shape index (κ1) is 75.6. The molecule has 0 heterocycles. The Morgan fingerprint density at radius 1 is 0.266 bits per heavy atom. The first-order valence-corrected chi connectivity index (χ1v) is 34.1. The highest BCUT2D eigenvalue weighted by Gasteiger charge is 2.19. The minimum Gasteiger partial charge on any atom is -0.462 e. The van der Waals surface area contributed by atoms with Crippen LogP contribution in [0.15, 0.2) is 85.1 Å². The van der Waals surface area contributed by atoms with Crippen LogP contribution in [-0.2, 0) is 28.6 Å². The number of unbranched alkanes of at least 4 members (excludes halogenated alkanes) is 37. The SMILES string of the molecule is CC/C=C\C/C=C\C/C=C\C/C=C\CCCCC(=O)OCC(COC(=O)CCCCCCCCCCCCC/C=C\C/C=C\CCCCCCC)OC(=O)CCCCCCCCCCCCC/C=C\CCCCCCCCCC. The van der Waals surface area contributed by atoms with Crippen LogP contribution in [0.1, 0.15) is 342 Å². The normalized spacial score (nSPS) is 12.6. The fourth-order valence-corrected chi connectivity index (χ4v) is 9.76. The van der Waals surface area contributed by atoms with Crippen LogP contribution in [0.5, 0.6) is 0 Å². The standard InChI is InChI=1S/C73H128O6/c1-4-7-10-13-16-19-22-25-28-30-32-34-36-38-40-42-45-48-51-54-57-60-63-66-72(75)78-69-70(68-77-71(74)65-62-59-56-53-50-47-44-27-24-21-18-15-12-9-6-3)79-73(76)67-64-61-58-55-52-49-46-43-41-39-37-35-33-31-29-26-23-20-17-14-11-8-5-2/h9,12,18,21-22,25,27,30-33,44,50,53,70H,4-8,10-11,13-17,19-20,23-24,26,28-29,34-43,45-49,51-52,54-69H2,1-3H3/b12-9-,21-18-,25-22-,32-30-,33-31-,44-27-,53-50-. The van der Waals surface area contributed by atoms with Crippen LogP contribution in [-0.4, -0.2) is 37.2 Å². The molecule has 6 heteroatoms. The molecule has 1 unspecified atom stereocenters. The summed E-state index contributed by atoms with van der Waals surface area (Å²) in [5, 5.41) is 0. The lowest BCUT2D eigenvalue weighted by Gasteiger charge is -2.18. The van der Waals surface area contributed by atoms with E-state index >= 15 is 0 Å². The van der Waals surface area contributed by atoms with Crippen molar-refractivity contribution in [2.45, 2.75) is 348 Å². The van der Waals surface area contributed by atoms with E-state index in [2.05, 4.69) is 106 Å². The molecule has 0 aliphatic carbocycles. The van der Waals surface area contributed by atoms with Crippen molar-refractivity contribution in [2.75, 3.05) is 13.2 Å². The number of allylic oxidation sites excluding steroid dienone is 14. The first-order chi connectivity index (χ1) is 39.0. The highest BCUT2D eigenvalue weighted by molar-refractivity contribution is 5.71. The van der Waals surface area contributed by atoms with Crippen molar-refractivity contribution in [2.24, 2.45) is 0 Å². The minimum absolute atomic E-state index is 0.0895. The summed E-state index contributed by atoms with van der Waals surface area (Å²) in [6.45, 7) is 6.52. The van der Waals surface area contributed by atoms with Gasteiger partial charge in [0.15, 0.2) is 6.10 Å². The highest BCUT2D eigenvalue weighted by Crippen LogP contribution is 2.17. The van der Waals surface area contributed by atoms with Gasteiger partial charge in [0.25, 0.3) is 0 Å². The van der Waals surface area contributed by atoms with E-state index in [1.807, 2.05) is 0 Å². The number of hydrogen-bond donors (Lipinski definition) is 0. The zero-order valence-corrected chi connectivity index (χ0v) is 52.4. The molecule has 0 amide bonds. The van der Waals surface area contributed by atoms with E-state index in [4.69, 9.17) is 14.2 Å². The van der Waals surface area contributed by atoms with Crippen LogP contribution in [0.25, 0.3) is 0 Å². The molecular weight excluding hydrogens is 973 g/mol. The minimum atomic E-state index is -0.797. The van der Waals surface area contributed by atoms with Gasteiger partial charge in [-0.1, -0.05) is 292 Å². The number of carbonyl (C=O) groups is 3. The Labute approximate surface area is 490 Å². The zero-order chi connectivity index (χ0) is 57.1. The van der Waals surface area contributed by atoms with Crippen molar-refractivity contribution >= 4 is 17.9 Å². The van der Waals surface area contributed by atoms with Crippen LogP contribution < -0.4 is 0 Å². The van der Waals surface area contributed by atoms with E-state index in [1.54, 1.807) is 0 Å². The van der Waals surface area contributed by atoms with Gasteiger partial charge in [-0.2, -0.15) is 0 Å². The molecule has 0 spiro atoms. The molecule has 0 saturated carbocycles. The van der Waals surface area contributed by atoms with Gasteiger partial charge in [0, 0.05) is 19.3 Å². The van der Waals surface area contributed by atoms with Crippen LogP contribution in [0.4, 0.5) is 0 Å². The van der Waals surface area contributed by atoms with E-state index < -0.39 is 6.10 Å². The van der Waals surface area contributed by atoms with Crippen LogP contribution >= 0.6 is 0 Å². The molecular formula is C73H128O6. The molecule has 0 saturated heterocycles. The maximum Gasteiger partial charge on any atom is 0.306 e. The van der Waals surface area contributed by atoms with Gasteiger partial charge in [0.05, 0.1) is 0 Å². The summed E-state index contributed by atoms with van der Waals surface area (Å²) >= 11 is 0. The average molecular weight is 1100 g/mol. The van der Waals surface area contributed by atoms with E-state index in [-0.39, 0.29) is 31.1 Å². The lowest BCUT2D eigenvalue weighted by Crippen LogP contribution is -2.30. The Morgan fingerprint density at radius 3 is 0.810 bits per heavy atom. The zero-order valence-electron chi connectivity index (χ0n) is 52.4. The van der Waals surface area contributed by atoms with Crippen LogP contribution in [0.3, 0.4) is 0 Å². The van der Waals surface area contributed by atoms with Crippen molar-refractivity contribution in [3.63, 3.8) is 0 Å². The Hall–Kier alpha value is -3.41. The molecule has 0 bridgehead atoms. The fraction of sp³-hybridized carbons (Fsp3) is 0.767. The monoisotopic (exact) mass is 1100 g/mol. The van der Waals surface area contributed by atoms with Crippen LogP contribution in [0.2, 0.25) is 0 Å². The van der Waals surface area contributed by atoms with Gasteiger partial charge in [-0.25, -0.2) is 0 Å². The molecule has 79 heavy (non-hydrogen) atoms. The summed E-state index contributed by atoms with van der Waals surface area (Å²) in [4.78, 5) is 38.4. The third kappa shape index (κ3) is 65.3. The molecule has 0 aromatic heterocycles. The maximum atomic E-state index is 12.9. The van der Waals surface area contributed by atoms with Gasteiger partial charge in [0.2, 0.25) is 0 Å². The maximum absolute atomic E-state index is 12.9. The summed E-state index contributed by atoms with van der Waals surface area (Å²) < 4.78 is 16.9. The quantitative estimate of drug-likeness (QED) is 0.0261. The molecule has 1 atom stereocenters. The third-order valence-corrected chi connectivity index (χ3v) is 14.9. The van der Waals surface area contributed by atoms with E-state index in [0.29, 0.717) is 19.3 Å². The van der Waals surface area contributed by atoms with Crippen molar-refractivity contribution in [1.29, 1.82) is 0 Å². The summed E-state index contributed by atoms with van der Waals surface area (Å²) in [5.41, 5.74) is 0. The summed E-state index contributed by atoms with van der Waals surface area (Å²) in [6.07, 6.45) is 88.9. The van der Waals surface area contributed by atoms with Gasteiger partial charge in [-0.05, 0) is 116 Å². The number of ether oxygens (including phenoxy) is 3. The number of hydrogen-bond acceptors (Lipinski definition) is 6. The number of carbonyl (C=O) groups excluding carboxylic acids is 3. The summed E-state index contributed by atoms with van der Waals surface area (Å²) in [5.74, 6) is -0.920.